The molecule has 1 aromatic rings. The van der Waals surface area contributed by atoms with E-state index in [1.807, 2.05) is 12.4 Å². The highest BCUT2D eigenvalue weighted by atomic mass is 15.1. The number of aromatic nitrogens is 2. The highest BCUT2D eigenvalue weighted by molar-refractivity contribution is 5.07. The number of piperidine rings is 1. The fourth-order valence-electron chi connectivity index (χ4n) is 2.02. The molecule has 0 spiro atoms. The fourth-order valence-corrected chi connectivity index (χ4v) is 2.02. The van der Waals surface area contributed by atoms with Gasteiger partial charge in [-0.15, -0.1) is 0 Å². The van der Waals surface area contributed by atoms with E-state index in [9.17, 15) is 0 Å². The molecule has 2 heterocycles. The summed E-state index contributed by atoms with van der Waals surface area (Å²) in [7, 11) is 2.18. The van der Waals surface area contributed by atoms with Gasteiger partial charge in [0, 0.05) is 18.3 Å². The lowest BCUT2D eigenvalue weighted by Gasteiger charge is -2.27. The lowest BCUT2D eigenvalue weighted by molar-refractivity contribution is 0.251. The fraction of sp³-hybridized carbons (Fsp3) is 0.667. The topological polar surface area (TPSA) is 29.0 Å². The summed E-state index contributed by atoms with van der Waals surface area (Å²) >= 11 is 0. The average molecular weight is 205 g/mol. The predicted molar refractivity (Wildman–Crippen MR) is 60.9 cm³/mol. The Balaban J connectivity index is 2.03. The second-order valence-corrected chi connectivity index (χ2v) is 4.38. The maximum atomic E-state index is 4.47. The number of rotatable bonds is 2. The Kier molecular flexibility index (Phi) is 3.31. The zero-order valence-corrected chi connectivity index (χ0v) is 9.61. The predicted octanol–water partition coefficient (Wildman–Crippen LogP) is 1.85. The molecule has 1 aliphatic heterocycles. The van der Waals surface area contributed by atoms with Crippen LogP contribution in [0.15, 0.2) is 12.4 Å². The van der Waals surface area contributed by atoms with Crippen LogP contribution in [0.3, 0.4) is 0 Å². The number of nitrogens with zero attached hydrogens (tertiary/aromatic N) is 3. The van der Waals surface area contributed by atoms with Crippen molar-refractivity contribution in [3.05, 3.63) is 23.8 Å². The van der Waals surface area contributed by atoms with Gasteiger partial charge in [0.1, 0.15) is 5.82 Å². The third kappa shape index (κ3) is 2.53. The summed E-state index contributed by atoms with van der Waals surface area (Å²) in [5, 5.41) is 0. The molecule has 0 saturated carbocycles. The molecule has 0 bridgehead atoms. The van der Waals surface area contributed by atoms with E-state index in [0.717, 1.165) is 12.2 Å². The van der Waals surface area contributed by atoms with Crippen LogP contribution in [0.25, 0.3) is 0 Å². The van der Waals surface area contributed by atoms with E-state index in [0.29, 0.717) is 5.92 Å². The van der Waals surface area contributed by atoms with Crippen molar-refractivity contribution in [3.63, 3.8) is 0 Å². The smallest absolute Gasteiger partial charge is 0.131 e. The first-order chi connectivity index (χ1) is 7.29. The Morgan fingerprint density at radius 2 is 1.87 bits per heavy atom. The van der Waals surface area contributed by atoms with Crippen molar-refractivity contribution in [2.45, 2.75) is 32.1 Å². The summed E-state index contributed by atoms with van der Waals surface area (Å²) < 4.78 is 0. The normalized spacial score (nSPS) is 19.3. The van der Waals surface area contributed by atoms with E-state index in [2.05, 4.69) is 28.8 Å². The molecule has 1 aliphatic rings. The van der Waals surface area contributed by atoms with Gasteiger partial charge in [0.25, 0.3) is 0 Å². The molecule has 1 saturated heterocycles. The van der Waals surface area contributed by atoms with E-state index in [1.165, 1.54) is 31.5 Å². The van der Waals surface area contributed by atoms with Crippen LogP contribution in [0.2, 0.25) is 0 Å². The van der Waals surface area contributed by atoms with Crippen molar-refractivity contribution in [1.29, 1.82) is 0 Å². The molecule has 0 atom stereocenters. The third-order valence-electron chi connectivity index (χ3n) is 3.22. The lowest BCUT2D eigenvalue weighted by atomic mass is 9.96. The first-order valence-electron chi connectivity index (χ1n) is 5.79. The minimum atomic E-state index is 0.576. The molecule has 0 amide bonds. The Bertz CT molecular complexity index is 299. The maximum Gasteiger partial charge on any atom is 0.131 e. The molecular weight excluding hydrogens is 186 g/mol. The SMILES string of the molecule is CCc1cnc(C2CCN(C)CC2)nc1. The molecular formula is C12H19N3. The van der Waals surface area contributed by atoms with E-state index in [4.69, 9.17) is 0 Å². The van der Waals surface area contributed by atoms with Crippen molar-refractivity contribution >= 4 is 0 Å². The minimum Gasteiger partial charge on any atom is -0.306 e. The monoisotopic (exact) mass is 205 g/mol. The molecule has 2 rings (SSSR count). The van der Waals surface area contributed by atoms with Crippen LogP contribution in [0.5, 0.6) is 0 Å². The molecule has 0 radical (unpaired) electrons. The van der Waals surface area contributed by atoms with Gasteiger partial charge in [-0.05, 0) is 45.0 Å². The van der Waals surface area contributed by atoms with Crippen LogP contribution < -0.4 is 0 Å². The van der Waals surface area contributed by atoms with Crippen molar-refractivity contribution < 1.29 is 0 Å². The zero-order chi connectivity index (χ0) is 10.7. The quantitative estimate of drug-likeness (QED) is 0.738. The molecule has 0 N–H and O–H groups in total. The number of likely N-dealkylation sites (tertiary alicyclic amines) is 1. The van der Waals surface area contributed by atoms with Crippen LogP contribution in [-0.4, -0.2) is 35.0 Å². The summed E-state index contributed by atoms with van der Waals surface area (Å²) in [6.07, 6.45) is 7.36. The summed E-state index contributed by atoms with van der Waals surface area (Å²) in [4.78, 5) is 11.3. The summed E-state index contributed by atoms with van der Waals surface area (Å²) in [5.41, 5.74) is 1.23. The van der Waals surface area contributed by atoms with Gasteiger partial charge >= 0.3 is 0 Å². The van der Waals surface area contributed by atoms with E-state index in [1.54, 1.807) is 0 Å². The Morgan fingerprint density at radius 1 is 1.27 bits per heavy atom. The molecule has 1 fully saturated rings. The number of hydrogen-bond donors (Lipinski definition) is 0. The molecule has 0 aliphatic carbocycles. The van der Waals surface area contributed by atoms with Crippen LogP contribution in [-0.2, 0) is 6.42 Å². The van der Waals surface area contributed by atoms with Crippen molar-refractivity contribution in [2.24, 2.45) is 0 Å². The molecule has 1 aromatic heterocycles. The van der Waals surface area contributed by atoms with E-state index < -0.39 is 0 Å². The number of hydrogen-bond acceptors (Lipinski definition) is 3. The van der Waals surface area contributed by atoms with Crippen LogP contribution >= 0.6 is 0 Å². The lowest BCUT2D eigenvalue weighted by Crippen LogP contribution is -2.29. The van der Waals surface area contributed by atoms with E-state index in [-0.39, 0.29) is 0 Å². The Labute approximate surface area is 91.5 Å². The standard InChI is InChI=1S/C12H19N3/c1-3-10-8-13-12(14-9-10)11-4-6-15(2)7-5-11/h8-9,11H,3-7H2,1-2H3. The molecule has 3 heteroatoms. The highest BCUT2D eigenvalue weighted by Gasteiger charge is 2.20. The van der Waals surface area contributed by atoms with Gasteiger partial charge in [0.15, 0.2) is 0 Å². The third-order valence-corrected chi connectivity index (χ3v) is 3.22. The van der Waals surface area contributed by atoms with Gasteiger partial charge in [-0.25, -0.2) is 9.97 Å². The van der Waals surface area contributed by atoms with Gasteiger partial charge < -0.3 is 4.90 Å². The Hall–Kier alpha value is -0.960. The largest absolute Gasteiger partial charge is 0.306 e. The second-order valence-electron chi connectivity index (χ2n) is 4.38. The van der Waals surface area contributed by atoms with Crippen LogP contribution in [0.4, 0.5) is 0 Å². The van der Waals surface area contributed by atoms with Gasteiger partial charge in [0.05, 0.1) is 0 Å². The zero-order valence-electron chi connectivity index (χ0n) is 9.61. The second kappa shape index (κ2) is 4.71. The first kappa shape index (κ1) is 10.6. The summed E-state index contributed by atoms with van der Waals surface area (Å²) in [6, 6.07) is 0. The van der Waals surface area contributed by atoms with Crippen LogP contribution in [0, 0.1) is 0 Å². The molecule has 82 valence electrons. The molecule has 3 nitrogen and oxygen atoms in total. The van der Waals surface area contributed by atoms with Gasteiger partial charge in [0.2, 0.25) is 0 Å². The van der Waals surface area contributed by atoms with Crippen LogP contribution in [0.1, 0.15) is 37.1 Å². The first-order valence-corrected chi connectivity index (χ1v) is 5.79. The molecule has 0 unspecified atom stereocenters. The maximum absolute atomic E-state index is 4.47. The summed E-state index contributed by atoms with van der Waals surface area (Å²) in [6.45, 7) is 4.47. The molecule has 0 aromatic carbocycles. The molecule has 15 heavy (non-hydrogen) atoms. The highest BCUT2D eigenvalue weighted by Crippen LogP contribution is 2.24. The average Bonchev–Trinajstić information content (AvgIpc) is 2.30. The van der Waals surface area contributed by atoms with Gasteiger partial charge in [-0.2, -0.15) is 0 Å². The summed E-state index contributed by atoms with van der Waals surface area (Å²) in [5.74, 6) is 1.62. The van der Waals surface area contributed by atoms with Crippen molar-refractivity contribution in [1.82, 2.24) is 14.9 Å². The van der Waals surface area contributed by atoms with E-state index >= 15 is 0 Å². The minimum absolute atomic E-state index is 0.576. The number of aryl methyl sites for hydroxylation is 1. The van der Waals surface area contributed by atoms with Gasteiger partial charge in [-0.1, -0.05) is 6.92 Å². The van der Waals surface area contributed by atoms with Gasteiger partial charge in [-0.3, -0.25) is 0 Å². The van der Waals surface area contributed by atoms with Crippen molar-refractivity contribution in [3.8, 4) is 0 Å². The van der Waals surface area contributed by atoms with Crippen molar-refractivity contribution in [2.75, 3.05) is 20.1 Å². The Morgan fingerprint density at radius 3 is 2.40 bits per heavy atom.